The van der Waals surface area contributed by atoms with Gasteiger partial charge in [-0.2, -0.15) is 0 Å². The third kappa shape index (κ3) is 3.85. The molecule has 14 heavy (non-hydrogen) atoms. The monoisotopic (exact) mass is 214 g/mol. The Morgan fingerprint density at radius 1 is 1.71 bits per heavy atom. The predicted octanol–water partition coefficient (Wildman–Crippen LogP) is 1.10. The van der Waals surface area contributed by atoms with Crippen LogP contribution in [0, 0.1) is 6.92 Å². The lowest BCUT2D eigenvalue weighted by Gasteiger charge is -2.02. The molecular weight excluding hydrogens is 200 g/mol. The van der Waals surface area contributed by atoms with E-state index in [9.17, 15) is 4.79 Å². The molecule has 1 aromatic heterocycles. The van der Waals surface area contributed by atoms with Crippen molar-refractivity contribution < 1.29 is 9.53 Å². The highest BCUT2D eigenvalue weighted by Gasteiger charge is 2.01. The van der Waals surface area contributed by atoms with Crippen LogP contribution in [0.25, 0.3) is 0 Å². The zero-order valence-corrected chi connectivity index (χ0v) is 9.19. The first-order valence-corrected chi connectivity index (χ1v) is 5.31. The third-order valence-electron chi connectivity index (χ3n) is 1.54. The van der Waals surface area contributed by atoms with Crippen molar-refractivity contribution in [2.24, 2.45) is 0 Å². The standard InChI is InChI=1S/C9H14N2O2S/c1-3-13-9(12)6-10-4-8-5-11-7(2)14-8/h5,10H,3-4,6H2,1-2H3. The summed E-state index contributed by atoms with van der Waals surface area (Å²) in [6.07, 6.45) is 1.82. The zero-order valence-electron chi connectivity index (χ0n) is 8.37. The van der Waals surface area contributed by atoms with Gasteiger partial charge in [0.1, 0.15) is 0 Å². The molecule has 0 unspecified atom stereocenters. The minimum absolute atomic E-state index is 0.214. The fourth-order valence-corrected chi connectivity index (χ4v) is 1.75. The minimum atomic E-state index is -0.214. The first-order valence-electron chi connectivity index (χ1n) is 4.50. The van der Waals surface area contributed by atoms with E-state index in [-0.39, 0.29) is 12.5 Å². The van der Waals surface area contributed by atoms with Crippen LogP contribution >= 0.6 is 11.3 Å². The maximum absolute atomic E-state index is 10.9. The SMILES string of the molecule is CCOC(=O)CNCc1cnc(C)s1. The van der Waals surface area contributed by atoms with E-state index in [0.717, 1.165) is 9.88 Å². The summed E-state index contributed by atoms with van der Waals surface area (Å²) in [6, 6.07) is 0. The van der Waals surface area contributed by atoms with Crippen LogP contribution < -0.4 is 5.32 Å². The quantitative estimate of drug-likeness (QED) is 0.746. The van der Waals surface area contributed by atoms with E-state index in [1.165, 1.54) is 0 Å². The first kappa shape index (κ1) is 11.1. The molecule has 1 N–H and O–H groups in total. The smallest absolute Gasteiger partial charge is 0.319 e. The van der Waals surface area contributed by atoms with Gasteiger partial charge in [0.25, 0.3) is 0 Å². The van der Waals surface area contributed by atoms with Crippen LogP contribution in [-0.2, 0) is 16.1 Å². The molecule has 0 fully saturated rings. The number of aromatic nitrogens is 1. The van der Waals surface area contributed by atoms with Crippen LogP contribution in [-0.4, -0.2) is 24.1 Å². The molecule has 0 aromatic carbocycles. The van der Waals surface area contributed by atoms with Gasteiger partial charge >= 0.3 is 5.97 Å². The highest BCUT2D eigenvalue weighted by Crippen LogP contribution is 2.10. The van der Waals surface area contributed by atoms with Gasteiger partial charge in [-0.1, -0.05) is 0 Å². The average Bonchev–Trinajstić information content (AvgIpc) is 2.52. The Balaban J connectivity index is 2.18. The molecule has 0 spiro atoms. The molecular formula is C9H14N2O2S. The molecule has 78 valence electrons. The average molecular weight is 214 g/mol. The van der Waals surface area contributed by atoms with E-state index in [2.05, 4.69) is 10.3 Å². The molecule has 1 aromatic rings. The van der Waals surface area contributed by atoms with E-state index < -0.39 is 0 Å². The Hall–Kier alpha value is -0.940. The Bertz CT molecular complexity index is 299. The normalized spacial score (nSPS) is 10.1. The molecule has 0 saturated carbocycles. The van der Waals surface area contributed by atoms with Gasteiger partial charge in [0.2, 0.25) is 0 Å². The molecule has 4 nitrogen and oxygen atoms in total. The number of thiazole rings is 1. The molecule has 0 aliphatic heterocycles. The highest BCUT2D eigenvalue weighted by molar-refractivity contribution is 7.11. The molecule has 1 rings (SSSR count). The second-order valence-corrected chi connectivity index (χ2v) is 4.07. The maximum atomic E-state index is 10.9. The van der Waals surface area contributed by atoms with Crippen molar-refractivity contribution in [3.05, 3.63) is 16.1 Å². The van der Waals surface area contributed by atoms with E-state index in [1.54, 1.807) is 18.3 Å². The Labute approximate surface area is 87.3 Å². The van der Waals surface area contributed by atoms with Crippen molar-refractivity contribution in [3.8, 4) is 0 Å². The summed E-state index contributed by atoms with van der Waals surface area (Å²) in [4.78, 5) is 16.2. The van der Waals surface area contributed by atoms with Gasteiger partial charge < -0.3 is 10.1 Å². The number of carbonyl (C=O) groups is 1. The fourth-order valence-electron chi connectivity index (χ4n) is 0.987. The minimum Gasteiger partial charge on any atom is -0.465 e. The number of esters is 1. The number of rotatable bonds is 5. The van der Waals surface area contributed by atoms with Gasteiger partial charge in [0, 0.05) is 17.6 Å². The van der Waals surface area contributed by atoms with E-state index in [4.69, 9.17) is 4.74 Å². The summed E-state index contributed by atoms with van der Waals surface area (Å²) in [7, 11) is 0. The van der Waals surface area contributed by atoms with Crippen LogP contribution in [0.3, 0.4) is 0 Å². The third-order valence-corrected chi connectivity index (χ3v) is 2.46. The molecule has 0 atom stereocenters. The predicted molar refractivity (Wildman–Crippen MR) is 55.2 cm³/mol. The van der Waals surface area contributed by atoms with Crippen LogP contribution in [0.4, 0.5) is 0 Å². The first-order chi connectivity index (χ1) is 6.72. The summed E-state index contributed by atoms with van der Waals surface area (Å²) in [5.41, 5.74) is 0. The number of hydrogen-bond acceptors (Lipinski definition) is 5. The number of carbonyl (C=O) groups excluding carboxylic acids is 1. The maximum Gasteiger partial charge on any atom is 0.319 e. The number of nitrogens with one attached hydrogen (secondary N) is 1. The summed E-state index contributed by atoms with van der Waals surface area (Å²) in [5.74, 6) is -0.214. The second kappa shape index (κ2) is 5.72. The van der Waals surface area contributed by atoms with Crippen molar-refractivity contribution >= 4 is 17.3 Å². The largest absolute Gasteiger partial charge is 0.465 e. The van der Waals surface area contributed by atoms with Gasteiger partial charge in [-0.25, -0.2) is 4.98 Å². The molecule has 0 bridgehead atoms. The number of nitrogens with zero attached hydrogens (tertiary/aromatic N) is 1. The van der Waals surface area contributed by atoms with E-state index in [0.29, 0.717) is 13.2 Å². The number of aryl methyl sites for hydroxylation is 1. The highest BCUT2D eigenvalue weighted by atomic mass is 32.1. The van der Waals surface area contributed by atoms with Gasteiger partial charge in [0.15, 0.2) is 0 Å². The topological polar surface area (TPSA) is 51.2 Å². The summed E-state index contributed by atoms with van der Waals surface area (Å²) < 4.78 is 4.77. The molecule has 5 heteroatoms. The summed E-state index contributed by atoms with van der Waals surface area (Å²) >= 11 is 1.63. The van der Waals surface area contributed by atoms with Crippen LogP contribution in [0.2, 0.25) is 0 Å². The van der Waals surface area contributed by atoms with Gasteiger partial charge in [-0.15, -0.1) is 11.3 Å². The van der Waals surface area contributed by atoms with Crippen LogP contribution in [0.5, 0.6) is 0 Å². The molecule has 1 heterocycles. The van der Waals surface area contributed by atoms with Crippen molar-refractivity contribution in [1.82, 2.24) is 10.3 Å². The lowest BCUT2D eigenvalue weighted by atomic mass is 10.5. The second-order valence-electron chi connectivity index (χ2n) is 2.75. The molecule has 0 aliphatic rings. The molecule has 0 radical (unpaired) electrons. The van der Waals surface area contributed by atoms with Gasteiger partial charge in [-0.3, -0.25) is 4.79 Å². The molecule has 0 saturated heterocycles. The van der Waals surface area contributed by atoms with Crippen molar-refractivity contribution in [2.45, 2.75) is 20.4 Å². The Morgan fingerprint density at radius 3 is 3.07 bits per heavy atom. The molecule has 0 aliphatic carbocycles. The summed E-state index contributed by atoms with van der Waals surface area (Å²) in [5, 5.41) is 4.04. The lowest BCUT2D eigenvalue weighted by molar-refractivity contribution is -0.142. The van der Waals surface area contributed by atoms with Crippen molar-refractivity contribution in [1.29, 1.82) is 0 Å². The van der Waals surface area contributed by atoms with Gasteiger partial charge in [0.05, 0.1) is 18.2 Å². The van der Waals surface area contributed by atoms with Crippen LogP contribution in [0.1, 0.15) is 16.8 Å². The van der Waals surface area contributed by atoms with Crippen molar-refractivity contribution in [2.75, 3.05) is 13.2 Å². The Kier molecular flexibility index (Phi) is 4.55. The van der Waals surface area contributed by atoms with Crippen LogP contribution in [0.15, 0.2) is 6.20 Å². The van der Waals surface area contributed by atoms with Gasteiger partial charge in [-0.05, 0) is 13.8 Å². The van der Waals surface area contributed by atoms with Crippen molar-refractivity contribution in [3.63, 3.8) is 0 Å². The fraction of sp³-hybridized carbons (Fsp3) is 0.556. The van der Waals surface area contributed by atoms with E-state index in [1.807, 2.05) is 13.1 Å². The summed E-state index contributed by atoms with van der Waals surface area (Å²) in [6.45, 7) is 5.11. The Morgan fingerprint density at radius 2 is 2.50 bits per heavy atom. The molecule has 0 amide bonds. The number of hydrogen-bond donors (Lipinski definition) is 1. The van der Waals surface area contributed by atoms with E-state index >= 15 is 0 Å². The lowest BCUT2D eigenvalue weighted by Crippen LogP contribution is -2.23. The number of ether oxygens (including phenoxy) is 1. The zero-order chi connectivity index (χ0) is 10.4.